The van der Waals surface area contributed by atoms with Crippen molar-refractivity contribution in [3.8, 4) is 5.75 Å². The van der Waals surface area contributed by atoms with Crippen molar-refractivity contribution in [2.24, 2.45) is 5.10 Å². The van der Waals surface area contributed by atoms with Gasteiger partial charge in [0.15, 0.2) is 6.61 Å². The quantitative estimate of drug-likeness (QED) is 0.602. The van der Waals surface area contributed by atoms with Gasteiger partial charge in [-0.2, -0.15) is 5.10 Å². The van der Waals surface area contributed by atoms with Crippen LogP contribution < -0.4 is 15.1 Å². The lowest BCUT2D eigenvalue weighted by Crippen LogP contribution is -2.24. The fourth-order valence-electron chi connectivity index (χ4n) is 2.93. The first-order chi connectivity index (χ1) is 13.0. The summed E-state index contributed by atoms with van der Waals surface area (Å²) in [6, 6.07) is 10.2. The van der Waals surface area contributed by atoms with E-state index >= 15 is 0 Å². The molecule has 5 nitrogen and oxygen atoms in total. The fourth-order valence-corrected chi connectivity index (χ4v) is 3.12. The number of rotatable bonds is 6. The summed E-state index contributed by atoms with van der Waals surface area (Å²) in [7, 11) is 0. The maximum absolute atomic E-state index is 14.4. The molecule has 0 radical (unpaired) electrons. The maximum atomic E-state index is 14.4. The van der Waals surface area contributed by atoms with Crippen molar-refractivity contribution in [3.63, 3.8) is 0 Å². The van der Waals surface area contributed by atoms with Crippen molar-refractivity contribution < 1.29 is 13.9 Å². The number of aryl methyl sites for hydroxylation is 1. The summed E-state index contributed by atoms with van der Waals surface area (Å²) < 4.78 is 19.7. The predicted molar refractivity (Wildman–Crippen MR) is 105 cm³/mol. The van der Waals surface area contributed by atoms with E-state index in [2.05, 4.69) is 15.4 Å². The van der Waals surface area contributed by atoms with Gasteiger partial charge in [-0.15, -0.1) is 0 Å². The molecule has 7 heteroatoms. The zero-order valence-electron chi connectivity index (χ0n) is 15.0. The molecule has 0 bridgehead atoms. The van der Waals surface area contributed by atoms with E-state index in [1.54, 1.807) is 24.3 Å². The summed E-state index contributed by atoms with van der Waals surface area (Å²) in [5, 5.41) is 4.32. The Bertz CT molecular complexity index is 851. The number of carbonyl (C=O) groups is 1. The lowest BCUT2D eigenvalue weighted by molar-refractivity contribution is -0.123. The van der Waals surface area contributed by atoms with Gasteiger partial charge in [-0.25, -0.2) is 9.82 Å². The number of halogens is 2. The summed E-state index contributed by atoms with van der Waals surface area (Å²) in [5.41, 5.74) is 4.50. The van der Waals surface area contributed by atoms with Crippen LogP contribution in [0.2, 0.25) is 5.02 Å². The minimum Gasteiger partial charge on any atom is -0.482 e. The third-order valence-corrected chi connectivity index (χ3v) is 4.68. The Hall–Kier alpha value is -2.60. The van der Waals surface area contributed by atoms with E-state index in [9.17, 15) is 9.18 Å². The second kappa shape index (κ2) is 8.86. The number of hydrogen-bond donors (Lipinski definition) is 1. The summed E-state index contributed by atoms with van der Waals surface area (Å²) >= 11 is 5.96. The smallest absolute Gasteiger partial charge is 0.277 e. The van der Waals surface area contributed by atoms with E-state index in [-0.39, 0.29) is 12.4 Å². The Morgan fingerprint density at radius 3 is 2.81 bits per heavy atom. The van der Waals surface area contributed by atoms with Crippen LogP contribution in [-0.4, -0.2) is 31.8 Å². The molecule has 0 unspecified atom stereocenters. The van der Waals surface area contributed by atoms with Gasteiger partial charge in [-0.1, -0.05) is 23.7 Å². The maximum Gasteiger partial charge on any atom is 0.277 e. The highest BCUT2D eigenvalue weighted by molar-refractivity contribution is 6.32. The van der Waals surface area contributed by atoms with Crippen LogP contribution in [-0.2, 0) is 4.79 Å². The van der Waals surface area contributed by atoms with Crippen LogP contribution in [0.25, 0.3) is 0 Å². The molecule has 1 saturated heterocycles. The minimum atomic E-state index is -0.432. The molecule has 1 heterocycles. The van der Waals surface area contributed by atoms with Crippen molar-refractivity contribution in [2.45, 2.75) is 19.8 Å². The van der Waals surface area contributed by atoms with Gasteiger partial charge in [-0.05, 0) is 49.6 Å². The number of hydrazone groups is 1. The summed E-state index contributed by atoms with van der Waals surface area (Å²) in [6.07, 6.45) is 3.60. The molecule has 1 aliphatic heterocycles. The zero-order chi connectivity index (χ0) is 19.2. The number of anilines is 1. The van der Waals surface area contributed by atoms with E-state index in [0.717, 1.165) is 31.5 Å². The second-order valence-electron chi connectivity index (χ2n) is 6.37. The number of para-hydroxylation sites is 1. The number of nitrogens with one attached hydrogen (secondary N) is 1. The van der Waals surface area contributed by atoms with Gasteiger partial charge in [0, 0.05) is 18.7 Å². The van der Waals surface area contributed by atoms with Crippen LogP contribution in [0.4, 0.5) is 10.1 Å². The topological polar surface area (TPSA) is 53.9 Å². The lowest BCUT2D eigenvalue weighted by Gasteiger charge is -2.19. The average Bonchev–Trinajstić information content (AvgIpc) is 3.18. The molecule has 0 saturated carbocycles. The van der Waals surface area contributed by atoms with Crippen LogP contribution in [0.3, 0.4) is 0 Å². The Morgan fingerprint density at radius 2 is 2.07 bits per heavy atom. The molecule has 1 amide bonds. The van der Waals surface area contributed by atoms with Crippen LogP contribution in [0.15, 0.2) is 41.5 Å². The molecule has 0 aromatic heterocycles. The fraction of sp³-hybridized carbons (Fsp3) is 0.300. The van der Waals surface area contributed by atoms with Gasteiger partial charge in [0.05, 0.1) is 16.9 Å². The number of ether oxygens (including phenoxy) is 1. The first kappa shape index (κ1) is 19.2. The normalized spacial score (nSPS) is 14.0. The van der Waals surface area contributed by atoms with Gasteiger partial charge in [-0.3, -0.25) is 4.79 Å². The van der Waals surface area contributed by atoms with Crippen LogP contribution in [0.5, 0.6) is 5.75 Å². The van der Waals surface area contributed by atoms with Crippen LogP contribution in [0.1, 0.15) is 24.0 Å². The molecule has 0 aliphatic carbocycles. The monoisotopic (exact) mass is 389 g/mol. The summed E-state index contributed by atoms with van der Waals surface area (Å²) in [6.45, 7) is 3.43. The first-order valence-corrected chi connectivity index (χ1v) is 9.16. The number of amides is 1. The first-order valence-electron chi connectivity index (χ1n) is 8.79. The molecule has 1 N–H and O–H groups in total. The van der Waals surface area contributed by atoms with E-state index < -0.39 is 5.91 Å². The van der Waals surface area contributed by atoms with Crippen molar-refractivity contribution in [1.82, 2.24) is 5.43 Å². The third-order valence-electron chi connectivity index (χ3n) is 4.37. The zero-order valence-corrected chi connectivity index (χ0v) is 15.8. The molecule has 2 aromatic carbocycles. The Morgan fingerprint density at radius 1 is 1.33 bits per heavy atom. The van der Waals surface area contributed by atoms with Crippen molar-refractivity contribution in [3.05, 3.63) is 58.4 Å². The van der Waals surface area contributed by atoms with E-state index in [1.165, 1.54) is 12.3 Å². The van der Waals surface area contributed by atoms with Gasteiger partial charge in [0.1, 0.15) is 11.6 Å². The van der Waals surface area contributed by atoms with Crippen molar-refractivity contribution in [1.29, 1.82) is 0 Å². The number of carbonyl (C=O) groups excluding carboxylic acids is 1. The highest BCUT2D eigenvalue weighted by Gasteiger charge is 2.17. The molecule has 0 spiro atoms. The van der Waals surface area contributed by atoms with E-state index in [4.69, 9.17) is 16.3 Å². The SMILES string of the molecule is Cc1cc(N2CCCC2)c(F)cc1/C=N/NC(=O)COc1ccccc1Cl. The van der Waals surface area contributed by atoms with E-state index in [0.29, 0.717) is 22.0 Å². The van der Waals surface area contributed by atoms with Crippen molar-refractivity contribution >= 4 is 29.4 Å². The second-order valence-corrected chi connectivity index (χ2v) is 6.77. The average molecular weight is 390 g/mol. The van der Waals surface area contributed by atoms with Crippen LogP contribution >= 0.6 is 11.6 Å². The Labute approximate surface area is 162 Å². The minimum absolute atomic E-state index is 0.220. The molecule has 142 valence electrons. The van der Waals surface area contributed by atoms with Gasteiger partial charge < -0.3 is 9.64 Å². The standard InChI is InChI=1S/C20H21ClFN3O2/c1-14-10-18(25-8-4-5-9-25)17(22)11-15(14)12-23-24-20(26)13-27-19-7-3-2-6-16(19)21/h2-3,6-7,10-12H,4-5,8-9,13H2,1H3,(H,24,26)/b23-12+. The Kier molecular flexibility index (Phi) is 6.29. The molecule has 2 aromatic rings. The molecule has 27 heavy (non-hydrogen) atoms. The number of hydrogen-bond acceptors (Lipinski definition) is 4. The van der Waals surface area contributed by atoms with Gasteiger partial charge >= 0.3 is 0 Å². The molecule has 1 aliphatic rings. The largest absolute Gasteiger partial charge is 0.482 e. The highest BCUT2D eigenvalue weighted by atomic mass is 35.5. The Balaban J connectivity index is 1.56. The molecule has 3 rings (SSSR count). The van der Waals surface area contributed by atoms with Gasteiger partial charge in [0.25, 0.3) is 5.91 Å². The summed E-state index contributed by atoms with van der Waals surface area (Å²) in [5.74, 6) is -0.288. The van der Waals surface area contributed by atoms with Crippen LogP contribution in [0, 0.1) is 12.7 Å². The summed E-state index contributed by atoms with van der Waals surface area (Å²) in [4.78, 5) is 13.9. The van der Waals surface area contributed by atoms with Crippen molar-refractivity contribution in [2.75, 3.05) is 24.6 Å². The van der Waals surface area contributed by atoms with Gasteiger partial charge in [0.2, 0.25) is 0 Å². The lowest BCUT2D eigenvalue weighted by atomic mass is 10.1. The predicted octanol–water partition coefficient (Wildman–Crippen LogP) is 3.92. The molecule has 0 atom stereocenters. The highest BCUT2D eigenvalue weighted by Crippen LogP contribution is 2.26. The van der Waals surface area contributed by atoms with E-state index in [1.807, 2.05) is 13.0 Å². The number of benzene rings is 2. The number of nitrogens with zero attached hydrogens (tertiary/aromatic N) is 2. The molecule has 1 fully saturated rings. The molecular formula is C20H21ClFN3O2. The third kappa shape index (κ3) is 4.98. The molecular weight excluding hydrogens is 369 g/mol.